The number of allylic oxidation sites excluding steroid dienone is 1. The third-order valence-electron chi connectivity index (χ3n) is 6.29. The maximum Gasteiger partial charge on any atom is 0.342 e. The second kappa shape index (κ2) is 11.9. The molecule has 0 saturated heterocycles. The lowest BCUT2D eigenvalue weighted by Gasteiger charge is -2.34. The van der Waals surface area contributed by atoms with Crippen molar-refractivity contribution in [3.05, 3.63) is 83.9 Å². The van der Waals surface area contributed by atoms with E-state index in [2.05, 4.69) is 31.2 Å². The summed E-state index contributed by atoms with van der Waals surface area (Å²) in [7, 11) is 0. The molecular formula is C28H36O3. The van der Waals surface area contributed by atoms with Crippen molar-refractivity contribution in [3.63, 3.8) is 0 Å². The van der Waals surface area contributed by atoms with Gasteiger partial charge in [0.25, 0.3) is 0 Å². The fraction of sp³-hybridized carbons (Fsp3) is 0.464. The summed E-state index contributed by atoms with van der Waals surface area (Å²) in [5.41, 5.74) is 0.918. The standard InChI is InChI=1S/C28H36O3/c1-2-3-21-28(30,22-13-12-16-23-14-6-4-7-15-23)27(29)31-26-20-11-10-19-25(26)24-17-8-5-9-18-24/h4-9,13-15,17-18,22,25-26,30H,2-3,10-12,16,19-21H2,1H3/t25-,26+,28+/m0/s1. The van der Waals surface area contributed by atoms with E-state index in [1.54, 1.807) is 6.08 Å². The molecule has 166 valence electrons. The molecule has 3 atom stereocenters. The lowest BCUT2D eigenvalue weighted by molar-refractivity contribution is -0.169. The lowest BCUT2D eigenvalue weighted by Crippen LogP contribution is -2.42. The number of carbonyl (C=O) groups is 1. The number of aryl methyl sites for hydroxylation is 1. The summed E-state index contributed by atoms with van der Waals surface area (Å²) in [6.07, 6.45) is 11.3. The van der Waals surface area contributed by atoms with Crippen molar-refractivity contribution < 1.29 is 14.6 Å². The van der Waals surface area contributed by atoms with Gasteiger partial charge in [-0.1, -0.05) is 86.5 Å². The zero-order valence-corrected chi connectivity index (χ0v) is 18.7. The van der Waals surface area contributed by atoms with Crippen LogP contribution in [0.25, 0.3) is 0 Å². The molecule has 2 aromatic carbocycles. The van der Waals surface area contributed by atoms with Crippen molar-refractivity contribution in [1.29, 1.82) is 0 Å². The second-order valence-electron chi connectivity index (χ2n) is 8.70. The SMILES string of the molecule is CCCC[C@@](O)(C=CCCc1ccccc1)C(=O)O[C@@H]1CCCC[C@H]1c1ccccc1. The van der Waals surface area contributed by atoms with E-state index in [1.807, 2.05) is 42.5 Å². The van der Waals surface area contributed by atoms with Crippen LogP contribution in [0.2, 0.25) is 0 Å². The molecule has 1 saturated carbocycles. The minimum Gasteiger partial charge on any atom is -0.459 e. The van der Waals surface area contributed by atoms with E-state index < -0.39 is 11.6 Å². The predicted octanol–water partition coefficient (Wildman–Crippen LogP) is 6.37. The van der Waals surface area contributed by atoms with Gasteiger partial charge in [-0.2, -0.15) is 0 Å². The second-order valence-corrected chi connectivity index (χ2v) is 8.70. The van der Waals surface area contributed by atoms with Crippen molar-refractivity contribution in [2.75, 3.05) is 0 Å². The summed E-state index contributed by atoms with van der Waals surface area (Å²) < 4.78 is 6.00. The van der Waals surface area contributed by atoms with E-state index in [0.29, 0.717) is 6.42 Å². The molecule has 0 aromatic heterocycles. The molecule has 3 nitrogen and oxygen atoms in total. The Morgan fingerprint density at radius 2 is 1.74 bits per heavy atom. The van der Waals surface area contributed by atoms with E-state index in [0.717, 1.165) is 51.4 Å². The minimum absolute atomic E-state index is 0.172. The van der Waals surface area contributed by atoms with Gasteiger partial charge < -0.3 is 9.84 Å². The average Bonchev–Trinajstić information content (AvgIpc) is 2.82. The number of carbonyl (C=O) groups excluding carboxylic acids is 1. The molecule has 3 heteroatoms. The van der Waals surface area contributed by atoms with Crippen LogP contribution in [-0.2, 0) is 16.0 Å². The summed E-state index contributed by atoms with van der Waals surface area (Å²) >= 11 is 0. The number of esters is 1. The van der Waals surface area contributed by atoms with Gasteiger partial charge in [-0.15, -0.1) is 0 Å². The number of unbranched alkanes of at least 4 members (excludes halogenated alkanes) is 1. The highest BCUT2D eigenvalue weighted by Crippen LogP contribution is 2.36. The summed E-state index contributed by atoms with van der Waals surface area (Å²) in [6.45, 7) is 2.07. The van der Waals surface area contributed by atoms with E-state index in [-0.39, 0.29) is 12.0 Å². The van der Waals surface area contributed by atoms with Crippen LogP contribution in [0.5, 0.6) is 0 Å². The molecule has 0 amide bonds. The molecule has 31 heavy (non-hydrogen) atoms. The first-order valence-corrected chi connectivity index (χ1v) is 11.8. The van der Waals surface area contributed by atoms with Crippen molar-refractivity contribution in [1.82, 2.24) is 0 Å². The van der Waals surface area contributed by atoms with Crippen LogP contribution in [0.1, 0.15) is 75.3 Å². The number of aliphatic hydroxyl groups is 1. The first-order chi connectivity index (χ1) is 15.1. The van der Waals surface area contributed by atoms with Crippen LogP contribution >= 0.6 is 0 Å². The lowest BCUT2D eigenvalue weighted by atomic mass is 9.81. The summed E-state index contributed by atoms with van der Waals surface area (Å²) in [6, 6.07) is 20.6. The molecule has 3 rings (SSSR count). The predicted molar refractivity (Wildman–Crippen MR) is 126 cm³/mol. The fourth-order valence-corrected chi connectivity index (χ4v) is 4.43. The molecule has 0 spiro atoms. The third kappa shape index (κ3) is 6.80. The number of rotatable bonds is 10. The van der Waals surface area contributed by atoms with Crippen molar-refractivity contribution in [3.8, 4) is 0 Å². The Morgan fingerprint density at radius 3 is 2.45 bits per heavy atom. The molecule has 0 unspecified atom stereocenters. The number of hydrogen-bond acceptors (Lipinski definition) is 3. The van der Waals surface area contributed by atoms with Crippen molar-refractivity contribution in [2.24, 2.45) is 0 Å². The van der Waals surface area contributed by atoms with Gasteiger partial charge in [0.2, 0.25) is 0 Å². The maximum atomic E-state index is 13.2. The first kappa shape index (κ1) is 23.3. The third-order valence-corrected chi connectivity index (χ3v) is 6.29. The molecule has 2 aromatic rings. The Kier molecular flexibility index (Phi) is 8.90. The summed E-state index contributed by atoms with van der Waals surface area (Å²) in [5, 5.41) is 11.2. The van der Waals surface area contributed by atoms with Crippen LogP contribution in [0.15, 0.2) is 72.8 Å². The van der Waals surface area contributed by atoms with Crippen molar-refractivity contribution >= 4 is 5.97 Å². The van der Waals surface area contributed by atoms with Gasteiger partial charge in [0.1, 0.15) is 6.10 Å². The Balaban J connectivity index is 1.66. The minimum atomic E-state index is -1.55. The Hall–Kier alpha value is -2.39. The first-order valence-electron chi connectivity index (χ1n) is 11.8. The molecule has 1 aliphatic rings. The molecular weight excluding hydrogens is 384 g/mol. The summed E-state index contributed by atoms with van der Waals surface area (Å²) in [5.74, 6) is -0.291. The maximum absolute atomic E-state index is 13.2. The normalized spacial score (nSPS) is 21.0. The number of ether oxygens (including phenoxy) is 1. The van der Waals surface area contributed by atoms with Gasteiger partial charge in [-0.3, -0.25) is 0 Å². The van der Waals surface area contributed by atoms with Crippen LogP contribution in [0.3, 0.4) is 0 Å². The highest BCUT2D eigenvalue weighted by atomic mass is 16.6. The molecule has 1 N–H and O–H groups in total. The highest BCUT2D eigenvalue weighted by Gasteiger charge is 2.38. The zero-order valence-electron chi connectivity index (χ0n) is 18.7. The highest BCUT2D eigenvalue weighted by molar-refractivity contribution is 5.82. The molecule has 0 aliphatic heterocycles. The average molecular weight is 421 g/mol. The van der Waals surface area contributed by atoms with Crippen LogP contribution in [0, 0.1) is 0 Å². The molecule has 1 fully saturated rings. The van der Waals surface area contributed by atoms with Crippen LogP contribution in [0.4, 0.5) is 0 Å². The van der Waals surface area contributed by atoms with Gasteiger partial charge >= 0.3 is 5.97 Å². The van der Waals surface area contributed by atoms with Gasteiger partial charge in [0.15, 0.2) is 5.60 Å². The smallest absolute Gasteiger partial charge is 0.342 e. The molecule has 0 radical (unpaired) electrons. The topological polar surface area (TPSA) is 46.5 Å². The largest absolute Gasteiger partial charge is 0.459 e. The van der Waals surface area contributed by atoms with Crippen LogP contribution < -0.4 is 0 Å². The quantitative estimate of drug-likeness (QED) is 0.359. The Labute approximate surface area is 187 Å². The van der Waals surface area contributed by atoms with Gasteiger partial charge in [0, 0.05) is 5.92 Å². The monoisotopic (exact) mass is 420 g/mol. The van der Waals surface area contributed by atoms with Gasteiger partial charge in [-0.05, 0) is 62.1 Å². The van der Waals surface area contributed by atoms with Crippen LogP contribution in [-0.4, -0.2) is 22.8 Å². The van der Waals surface area contributed by atoms with E-state index >= 15 is 0 Å². The number of hydrogen-bond donors (Lipinski definition) is 1. The van der Waals surface area contributed by atoms with Crippen molar-refractivity contribution in [2.45, 2.75) is 82.3 Å². The Morgan fingerprint density at radius 1 is 1.06 bits per heavy atom. The number of benzene rings is 2. The van der Waals surface area contributed by atoms with E-state index in [9.17, 15) is 9.90 Å². The zero-order chi connectivity index (χ0) is 21.9. The summed E-state index contributed by atoms with van der Waals surface area (Å²) in [4.78, 5) is 13.2. The van der Waals surface area contributed by atoms with E-state index in [4.69, 9.17) is 4.74 Å². The fourth-order valence-electron chi connectivity index (χ4n) is 4.43. The van der Waals surface area contributed by atoms with Gasteiger partial charge in [-0.25, -0.2) is 4.79 Å². The Bertz CT molecular complexity index is 815. The van der Waals surface area contributed by atoms with Gasteiger partial charge in [0.05, 0.1) is 0 Å². The van der Waals surface area contributed by atoms with E-state index in [1.165, 1.54) is 11.1 Å². The molecule has 0 bridgehead atoms. The molecule has 0 heterocycles. The molecule has 1 aliphatic carbocycles.